The molecule has 0 radical (unpaired) electrons. The Kier molecular flexibility index (Phi) is 5.73. The molecule has 0 aliphatic heterocycles. The fourth-order valence-corrected chi connectivity index (χ4v) is 1.53. The van der Waals surface area contributed by atoms with E-state index in [2.05, 4.69) is 11.3 Å². The summed E-state index contributed by atoms with van der Waals surface area (Å²) in [5.74, 6) is -1.06. The largest absolute Gasteiger partial charge is 0.469 e. The summed E-state index contributed by atoms with van der Waals surface area (Å²) in [7, 11) is 1.29. The fraction of sp³-hybridized carbons (Fsp3) is 0.286. The standard InChI is InChI=1S/C14H16FNO3/c1-3-9-16(10-8-13(17)19-2)14(18)11-4-6-12(15)7-5-11/h3-7H,1,8-10H2,2H3. The van der Waals surface area contributed by atoms with Crippen molar-refractivity contribution in [3.8, 4) is 0 Å². The van der Waals surface area contributed by atoms with Crippen LogP contribution in [0.3, 0.4) is 0 Å². The zero-order valence-corrected chi connectivity index (χ0v) is 10.8. The van der Waals surface area contributed by atoms with Gasteiger partial charge in [0.25, 0.3) is 5.91 Å². The minimum absolute atomic E-state index is 0.108. The maximum atomic E-state index is 12.8. The number of hydrogen-bond acceptors (Lipinski definition) is 3. The molecule has 0 heterocycles. The van der Waals surface area contributed by atoms with E-state index >= 15 is 0 Å². The number of carbonyl (C=O) groups is 2. The third kappa shape index (κ3) is 4.54. The molecule has 4 nitrogen and oxygen atoms in total. The van der Waals surface area contributed by atoms with Crippen molar-refractivity contribution in [2.45, 2.75) is 6.42 Å². The number of ether oxygens (including phenoxy) is 1. The molecule has 102 valence electrons. The number of halogens is 1. The average molecular weight is 265 g/mol. The number of esters is 1. The number of methoxy groups -OCH3 is 1. The topological polar surface area (TPSA) is 46.6 Å². The molecule has 0 saturated heterocycles. The van der Waals surface area contributed by atoms with Crippen molar-refractivity contribution < 1.29 is 18.7 Å². The Labute approximate surface area is 111 Å². The molecule has 0 fully saturated rings. The van der Waals surface area contributed by atoms with Crippen LogP contribution in [0.15, 0.2) is 36.9 Å². The molecule has 0 atom stereocenters. The summed E-state index contributed by atoms with van der Waals surface area (Å²) in [6, 6.07) is 5.26. The van der Waals surface area contributed by atoms with E-state index in [1.165, 1.54) is 36.3 Å². The van der Waals surface area contributed by atoms with Gasteiger partial charge in [0.2, 0.25) is 0 Å². The summed E-state index contributed by atoms with van der Waals surface area (Å²) < 4.78 is 17.3. The van der Waals surface area contributed by atoms with Crippen LogP contribution in [0.2, 0.25) is 0 Å². The van der Waals surface area contributed by atoms with Crippen LogP contribution in [-0.4, -0.2) is 37.0 Å². The maximum absolute atomic E-state index is 12.8. The van der Waals surface area contributed by atoms with E-state index in [4.69, 9.17) is 0 Å². The van der Waals surface area contributed by atoms with Gasteiger partial charge in [0.1, 0.15) is 5.82 Å². The molecule has 5 heteroatoms. The van der Waals surface area contributed by atoms with E-state index in [1.807, 2.05) is 0 Å². The minimum Gasteiger partial charge on any atom is -0.469 e. The van der Waals surface area contributed by atoms with Gasteiger partial charge >= 0.3 is 5.97 Å². The van der Waals surface area contributed by atoms with Gasteiger partial charge in [0, 0.05) is 18.7 Å². The number of rotatable bonds is 6. The number of carbonyl (C=O) groups excluding carboxylic acids is 2. The van der Waals surface area contributed by atoms with Gasteiger partial charge in [-0.2, -0.15) is 0 Å². The molecule has 0 unspecified atom stereocenters. The quantitative estimate of drug-likeness (QED) is 0.584. The average Bonchev–Trinajstić information content (AvgIpc) is 2.43. The Bertz CT molecular complexity index is 456. The fourth-order valence-electron chi connectivity index (χ4n) is 1.53. The highest BCUT2D eigenvalue weighted by atomic mass is 19.1. The van der Waals surface area contributed by atoms with Crippen LogP contribution >= 0.6 is 0 Å². The van der Waals surface area contributed by atoms with Crippen LogP contribution < -0.4 is 0 Å². The monoisotopic (exact) mass is 265 g/mol. The first kappa shape index (κ1) is 14.9. The third-order valence-corrected chi connectivity index (χ3v) is 2.54. The zero-order valence-electron chi connectivity index (χ0n) is 10.8. The van der Waals surface area contributed by atoms with Gasteiger partial charge in [0.05, 0.1) is 13.5 Å². The second kappa shape index (κ2) is 7.31. The Morgan fingerprint density at radius 3 is 2.53 bits per heavy atom. The molecule has 1 aromatic carbocycles. The van der Waals surface area contributed by atoms with Crippen LogP contribution in [0, 0.1) is 5.82 Å². The van der Waals surface area contributed by atoms with Crippen molar-refractivity contribution in [2.24, 2.45) is 0 Å². The Balaban J connectivity index is 2.74. The van der Waals surface area contributed by atoms with Crippen LogP contribution in [0.25, 0.3) is 0 Å². The van der Waals surface area contributed by atoms with Gasteiger partial charge in [-0.1, -0.05) is 6.08 Å². The highest BCUT2D eigenvalue weighted by Gasteiger charge is 2.15. The predicted octanol–water partition coefficient (Wildman–Crippen LogP) is 2.02. The number of benzene rings is 1. The van der Waals surface area contributed by atoms with Crippen LogP contribution in [0.1, 0.15) is 16.8 Å². The Hall–Kier alpha value is -2.17. The Morgan fingerprint density at radius 2 is 2.00 bits per heavy atom. The van der Waals surface area contributed by atoms with E-state index < -0.39 is 5.82 Å². The highest BCUT2D eigenvalue weighted by molar-refractivity contribution is 5.94. The molecule has 0 saturated carbocycles. The first-order valence-corrected chi connectivity index (χ1v) is 5.81. The lowest BCUT2D eigenvalue weighted by atomic mass is 10.2. The highest BCUT2D eigenvalue weighted by Crippen LogP contribution is 2.08. The number of amides is 1. The lowest BCUT2D eigenvalue weighted by Gasteiger charge is -2.20. The summed E-state index contributed by atoms with van der Waals surface area (Å²) >= 11 is 0. The van der Waals surface area contributed by atoms with E-state index in [0.29, 0.717) is 12.1 Å². The van der Waals surface area contributed by atoms with Crippen molar-refractivity contribution in [3.05, 3.63) is 48.3 Å². The van der Waals surface area contributed by atoms with Gasteiger partial charge in [-0.25, -0.2) is 4.39 Å². The van der Waals surface area contributed by atoms with Gasteiger partial charge in [-0.15, -0.1) is 6.58 Å². The van der Waals surface area contributed by atoms with Crippen LogP contribution in [-0.2, 0) is 9.53 Å². The molecule has 0 aliphatic carbocycles. The van der Waals surface area contributed by atoms with Crippen LogP contribution in [0.5, 0.6) is 0 Å². The smallest absolute Gasteiger partial charge is 0.307 e. The summed E-state index contributed by atoms with van der Waals surface area (Å²) in [6.07, 6.45) is 1.68. The first-order chi connectivity index (χ1) is 9.08. The summed E-state index contributed by atoms with van der Waals surface area (Å²) in [5.41, 5.74) is 0.369. The molecule has 0 aliphatic rings. The summed E-state index contributed by atoms with van der Waals surface area (Å²) in [4.78, 5) is 24.7. The van der Waals surface area contributed by atoms with Crippen molar-refractivity contribution >= 4 is 11.9 Å². The number of hydrogen-bond donors (Lipinski definition) is 0. The minimum atomic E-state index is -0.401. The molecular weight excluding hydrogens is 249 g/mol. The molecule has 0 spiro atoms. The summed E-state index contributed by atoms with van der Waals surface area (Å²) in [5, 5.41) is 0. The van der Waals surface area contributed by atoms with Crippen molar-refractivity contribution in [1.82, 2.24) is 4.90 Å². The van der Waals surface area contributed by atoms with E-state index in [-0.39, 0.29) is 24.8 Å². The van der Waals surface area contributed by atoms with Gasteiger partial charge in [-0.3, -0.25) is 9.59 Å². The van der Waals surface area contributed by atoms with Crippen molar-refractivity contribution in [3.63, 3.8) is 0 Å². The zero-order chi connectivity index (χ0) is 14.3. The molecule has 1 rings (SSSR count). The van der Waals surface area contributed by atoms with Gasteiger partial charge in [-0.05, 0) is 24.3 Å². The van der Waals surface area contributed by atoms with E-state index in [9.17, 15) is 14.0 Å². The molecule has 1 aromatic rings. The van der Waals surface area contributed by atoms with Gasteiger partial charge < -0.3 is 9.64 Å². The van der Waals surface area contributed by atoms with Crippen LogP contribution in [0.4, 0.5) is 4.39 Å². The lowest BCUT2D eigenvalue weighted by Crippen LogP contribution is -2.33. The molecule has 0 N–H and O–H groups in total. The predicted molar refractivity (Wildman–Crippen MR) is 69.1 cm³/mol. The molecular formula is C14H16FNO3. The number of nitrogens with zero attached hydrogens (tertiary/aromatic N) is 1. The summed E-state index contributed by atoms with van der Waals surface area (Å²) in [6.45, 7) is 4.11. The van der Waals surface area contributed by atoms with E-state index in [0.717, 1.165) is 0 Å². The van der Waals surface area contributed by atoms with Crippen molar-refractivity contribution in [1.29, 1.82) is 0 Å². The van der Waals surface area contributed by atoms with Gasteiger partial charge in [0.15, 0.2) is 0 Å². The third-order valence-electron chi connectivity index (χ3n) is 2.54. The normalized spacial score (nSPS) is 9.79. The molecule has 19 heavy (non-hydrogen) atoms. The molecule has 0 aromatic heterocycles. The molecule has 1 amide bonds. The maximum Gasteiger partial charge on any atom is 0.307 e. The van der Waals surface area contributed by atoms with Crippen molar-refractivity contribution in [2.75, 3.05) is 20.2 Å². The second-order valence-electron chi connectivity index (χ2n) is 3.87. The molecule has 0 bridgehead atoms. The first-order valence-electron chi connectivity index (χ1n) is 5.81. The Morgan fingerprint density at radius 1 is 1.37 bits per heavy atom. The second-order valence-corrected chi connectivity index (χ2v) is 3.87. The SMILES string of the molecule is C=CCN(CCC(=O)OC)C(=O)c1ccc(F)cc1. The van der Waals surface area contributed by atoms with E-state index in [1.54, 1.807) is 6.08 Å². The lowest BCUT2D eigenvalue weighted by molar-refractivity contribution is -0.140.